The van der Waals surface area contributed by atoms with E-state index in [1.54, 1.807) is 4.90 Å². The first-order valence-corrected chi connectivity index (χ1v) is 3.65. The molecule has 3 nitrogen and oxygen atoms in total. The number of nitrogens with two attached hydrogens (primary N) is 1. The first kappa shape index (κ1) is 7.54. The number of β-lactam (4-membered cyclic amide) rings is 1. The monoisotopic (exact) mass is 142 g/mol. The predicted molar refractivity (Wildman–Crippen MR) is 39.4 cm³/mol. The zero-order valence-electron chi connectivity index (χ0n) is 6.50. The van der Waals surface area contributed by atoms with E-state index >= 15 is 0 Å². The van der Waals surface area contributed by atoms with Crippen molar-refractivity contribution in [3.8, 4) is 0 Å². The van der Waals surface area contributed by atoms with E-state index in [4.69, 9.17) is 5.73 Å². The first-order valence-electron chi connectivity index (χ1n) is 3.65. The summed E-state index contributed by atoms with van der Waals surface area (Å²) in [5.74, 6) is 0.658. The normalized spacial score (nSPS) is 25.4. The van der Waals surface area contributed by atoms with Crippen LogP contribution < -0.4 is 5.73 Å². The maximum absolute atomic E-state index is 10.9. The van der Waals surface area contributed by atoms with Crippen LogP contribution in [-0.2, 0) is 4.79 Å². The van der Waals surface area contributed by atoms with Crippen molar-refractivity contribution in [1.82, 2.24) is 4.90 Å². The number of carbonyl (C=O) groups excluding carboxylic acids is 1. The molecule has 1 aliphatic heterocycles. The lowest BCUT2D eigenvalue weighted by atomic mass is 10.1. The third kappa shape index (κ3) is 1.29. The quantitative estimate of drug-likeness (QED) is 0.543. The van der Waals surface area contributed by atoms with E-state index in [-0.39, 0.29) is 11.9 Å². The molecule has 1 aliphatic rings. The molecule has 1 fully saturated rings. The second-order valence-corrected chi connectivity index (χ2v) is 3.24. The van der Waals surface area contributed by atoms with E-state index in [1.807, 2.05) is 0 Å². The molecule has 1 rings (SSSR count). The first-order chi connectivity index (χ1) is 4.61. The summed E-state index contributed by atoms with van der Waals surface area (Å²) >= 11 is 0. The molecule has 0 saturated carbocycles. The Kier molecular flexibility index (Phi) is 1.94. The van der Waals surface area contributed by atoms with Gasteiger partial charge in [0, 0.05) is 13.1 Å². The fourth-order valence-electron chi connectivity index (χ4n) is 1.13. The van der Waals surface area contributed by atoms with Crippen molar-refractivity contribution in [1.29, 1.82) is 0 Å². The molecule has 1 amide bonds. The topological polar surface area (TPSA) is 46.3 Å². The lowest BCUT2D eigenvalue weighted by molar-refractivity contribution is -0.142. The van der Waals surface area contributed by atoms with Gasteiger partial charge in [-0.1, -0.05) is 13.8 Å². The molecule has 0 radical (unpaired) electrons. The van der Waals surface area contributed by atoms with Crippen molar-refractivity contribution in [3.63, 3.8) is 0 Å². The molecule has 0 aromatic rings. The van der Waals surface area contributed by atoms with Crippen LogP contribution in [0.5, 0.6) is 0 Å². The van der Waals surface area contributed by atoms with Gasteiger partial charge in [0.25, 0.3) is 0 Å². The maximum atomic E-state index is 10.9. The Morgan fingerprint density at radius 3 is 2.70 bits per heavy atom. The standard InChI is InChI=1S/C7H14N2O/c1-5(2)3-9-4-6(8)7(9)10/h5-6H,3-4,8H2,1-2H3/t6-/m1/s1. The molecule has 58 valence electrons. The van der Waals surface area contributed by atoms with E-state index in [9.17, 15) is 4.79 Å². The van der Waals surface area contributed by atoms with Gasteiger partial charge in [-0.3, -0.25) is 4.79 Å². The summed E-state index contributed by atoms with van der Waals surface area (Å²) in [6.07, 6.45) is 0. The molecular formula is C7H14N2O. The van der Waals surface area contributed by atoms with E-state index < -0.39 is 0 Å². The highest BCUT2D eigenvalue weighted by molar-refractivity contribution is 5.87. The summed E-state index contributed by atoms with van der Waals surface area (Å²) in [5.41, 5.74) is 5.40. The summed E-state index contributed by atoms with van der Waals surface area (Å²) in [5, 5.41) is 0. The number of hydrogen-bond acceptors (Lipinski definition) is 2. The van der Waals surface area contributed by atoms with Crippen LogP contribution in [0.25, 0.3) is 0 Å². The Labute approximate surface area is 61.2 Å². The minimum Gasteiger partial charge on any atom is -0.339 e. The highest BCUT2D eigenvalue weighted by Crippen LogP contribution is 2.09. The van der Waals surface area contributed by atoms with Crippen molar-refractivity contribution in [2.45, 2.75) is 19.9 Å². The van der Waals surface area contributed by atoms with Gasteiger partial charge in [0.2, 0.25) is 5.91 Å². The minimum absolute atomic E-state index is 0.105. The van der Waals surface area contributed by atoms with Crippen LogP contribution in [0.2, 0.25) is 0 Å². The molecule has 1 atom stereocenters. The van der Waals surface area contributed by atoms with Gasteiger partial charge in [-0.05, 0) is 5.92 Å². The number of likely N-dealkylation sites (tertiary alicyclic amines) is 1. The summed E-state index contributed by atoms with van der Waals surface area (Å²) < 4.78 is 0. The van der Waals surface area contributed by atoms with Crippen LogP contribution in [0.1, 0.15) is 13.8 Å². The summed E-state index contributed by atoms with van der Waals surface area (Å²) in [6.45, 7) is 5.79. The minimum atomic E-state index is -0.209. The van der Waals surface area contributed by atoms with Gasteiger partial charge < -0.3 is 10.6 Å². The van der Waals surface area contributed by atoms with Crippen molar-refractivity contribution in [2.24, 2.45) is 11.7 Å². The lowest BCUT2D eigenvalue weighted by Crippen LogP contribution is -2.61. The SMILES string of the molecule is CC(C)CN1C[C@@H](N)C1=O. The van der Waals surface area contributed by atoms with Crippen molar-refractivity contribution in [3.05, 3.63) is 0 Å². The van der Waals surface area contributed by atoms with Gasteiger partial charge in [0.1, 0.15) is 6.04 Å². The third-order valence-electron chi connectivity index (χ3n) is 1.63. The highest BCUT2D eigenvalue weighted by Gasteiger charge is 2.32. The summed E-state index contributed by atoms with van der Waals surface area (Å²) in [6, 6.07) is -0.209. The zero-order chi connectivity index (χ0) is 7.72. The molecule has 0 unspecified atom stereocenters. The Hall–Kier alpha value is -0.570. The molecule has 10 heavy (non-hydrogen) atoms. The average Bonchev–Trinajstić information content (AvgIpc) is 1.86. The van der Waals surface area contributed by atoms with Gasteiger partial charge in [-0.2, -0.15) is 0 Å². The second-order valence-electron chi connectivity index (χ2n) is 3.24. The largest absolute Gasteiger partial charge is 0.339 e. The summed E-state index contributed by atoms with van der Waals surface area (Å²) in [7, 11) is 0. The average molecular weight is 142 g/mol. The number of nitrogens with zero attached hydrogens (tertiary/aromatic N) is 1. The molecule has 0 aromatic carbocycles. The molecule has 3 heteroatoms. The molecular weight excluding hydrogens is 128 g/mol. The number of rotatable bonds is 2. The molecule has 0 bridgehead atoms. The number of amides is 1. The Bertz CT molecular complexity index is 145. The van der Waals surface area contributed by atoms with Crippen molar-refractivity contribution >= 4 is 5.91 Å². The van der Waals surface area contributed by atoms with Crippen LogP contribution in [0, 0.1) is 5.92 Å². The highest BCUT2D eigenvalue weighted by atomic mass is 16.2. The smallest absolute Gasteiger partial charge is 0.241 e. The molecule has 0 aliphatic carbocycles. The Balaban J connectivity index is 2.27. The van der Waals surface area contributed by atoms with E-state index in [1.165, 1.54) is 0 Å². The third-order valence-corrected chi connectivity index (χ3v) is 1.63. The van der Waals surface area contributed by atoms with Crippen LogP contribution in [0.15, 0.2) is 0 Å². The van der Waals surface area contributed by atoms with Gasteiger partial charge in [-0.15, -0.1) is 0 Å². The maximum Gasteiger partial charge on any atom is 0.241 e. The van der Waals surface area contributed by atoms with Crippen molar-refractivity contribution < 1.29 is 4.79 Å². The van der Waals surface area contributed by atoms with Gasteiger partial charge in [-0.25, -0.2) is 0 Å². The van der Waals surface area contributed by atoms with Gasteiger partial charge in [0.05, 0.1) is 0 Å². The van der Waals surface area contributed by atoms with Crippen LogP contribution in [0.4, 0.5) is 0 Å². The number of carbonyl (C=O) groups is 1. The molecule has 0 aromatic heterocycles. The van der Waals surface area contributed by atoms with Crippen LogP contribution >= 0.6 is 0 Å². The Morgan fingerprint density at radius 1 is 1.80 bits per heavy atom. The molecule has 0 spiro atoms. The molecule has 2 N–H and O–H groups in total. The van der Waals surface area contributed by atoms with Gasteiger partial charge >= 0.3 is 0 Å². The van der Waals surface area contributed by atoms with Crippen molar-refractivity contribution in [2.75, 3.05) is 13.1 Å². The second kappa shape index (κ2) is 2.58. The molecule has 1 heterocycles. The predicted octanol–water partition coefficient (Wildman–Crippen LogP) is -0.188. The lowest BCUT2D eigenvalue weighted by Gasteiger charge is -2.37. The summed E-state index contributed by atoms with van der Waals surface area (Å²) in [4.78, 5) is 12.7. The fourth-order valence-corrected chi connectivity index (χ4v) is 1.13. The zero-order valence-corrected chi connectivity index (χ0v) is 6.50. The number of hydrogen-bond donors (Lipinski definition) is 1. The van der Waals surface area contributed by atoms with Crippen LogP contribution in [0.3, 0.4) is 0 Å². The Morgan fingerprint density at radius 2 is 2.40 bits per heavy atom. The van der Waals surface area contributed by atoms with Gasteiger partial charge in [0.15, 0.2) is 0 Å². The van der Waals surface area contributed by atoms with Crippen LogP contribution in [-0.4, -0.2) is 29.9 Å². The molecule has 1 saturated heterocycles. The van der Waals surface area contributed by atoms with E-state index in [2.05, 4.69) is 13.8 Å². The van der Waals surface area contributed by atoms with E-state index in [0.29, 0.717) is 5.92 Å². The fraction of sp³-hybridized carbons (Fsp3) is 0.857. The van der Waals surface area contributed by atoms with E-state index in [0.717, 1.165) is 13.1 Å².